The van der Waals surface area contributed by atoms with Crippen LogP contribution in [0.5, 0.6) is 5.75 Å². The number of nitrogens with zero attached hydrogens (tertiary/aromatic N) is 1. The highest BCUT2D eigenvalue weighted by molar-refractivity contribution is 9.11. The average Bonchev–Trinajstić information content (AvgIpc) is 2.84. The number of amides is 2. The molecule has 0 unspecified atom stereocenters. The summed E-state index contributed by atoms with van der Waals surface area (Å²) in [7, 11) is 1.56. The molecule has 0 aromatic heterocycles. The molecular formula is C19H15Br2NO3S. The van der Waals surface area contributed by atoms with Crippen LogP contribution >= 0.6 is 43.6 Å². The van der Waals surface area contributed by atoms with Crippen LogP contribution in [0.4, 0.5) is 4.79 Å². The van der Waals surface area contributed by atoms with Crippen molar-refractivity contribution in [1.29, 1.82) is 0 Å². The van der Waals surface area contributed by atoms with Crippen molar-refractivity contribution >= 4 is 60.8 Å². The molecule has 1 heterocycles. The Hall–Kier alpha value is -1.57. The van der Waals surface area contributed by atoms with Crippen molar-refractivity contribution in [2.75, 3.05) is 7.11 Å². The maximum atomic E-state index is 12.7. The molecule has 3 rings (SSSR count). The zero-order valence-corrected chi connectivity index (χ0v) is 18.1. The molecule has 1 fully saturated rings. The molecule has 2 aromatic carbocycles. The van der Waals surface area contributed by atoms with E-state index in [2.05, 4.69) is 31.9 Å². The van der Waals surface area contributed by atoms with Gasteiger partial charge >= 0.3 is 0 Å². The molecule has 1 aliphatic rings. The van der Waals surface area contributed by atoms with Crippen molar-refractivity contribution in [3.05, 3.63) is 66.9 Å². The van der Waals surface area contributed by atoms with Crippen LogP contribution < -0.4 is 4.74 Å². The number of hydrogen-bond acceptors (Lipinski definition) is 4. The molecule has 4 nitrogen and oxygen atoms in total. The van der Waals surface area contributed by atoms with E-state index in [1.165, 1.54) is 4.90 Å². The molecule has 0 radical (unpaired) electrons. The summed E-state index contributed by atoms with van der Waals surface area (Å²) < 4.78 is 7.01. The first-order valence-electron chi connectivity index (χ1n) is 7.73. The number of rotatable bonds is 4. The topological polar surface area (TPSA) is 46.6 Å². The molecule has 0 aliphatic carbocycles. The smallest absolute Gasteiger partial charge is 0.293 e. The second-order valence-corrected chi connectivity index (χ2v) is 8.53. The number of benzene rings is 2. The quantitative estimate of drug-likeness (QED) is 0.504. The molecule has 0 spiro atoms. The van der Waals surface area contributed by atoms with E-state index in [0.717, 1.165) is 37.4 Å². The summed E-state index contributed by atoms with van der Waals surface area (Å²) in [6.45, 7) is 2.26. The van der Waals surface area contributed by atoms with E-state index in [-0.39, 0.29) is 17.7 Å². The third kappa shape index (κ3) is 4.05. The molecule has 0 atom stereocenters. The van der Waals surface area contributed by atoms with Crippen molar-refractivity contribution in [3.8, 4) is 5.75 Å². The number of methoxy groups -OCH3 is 1. The van der Waals surface area contributed by atoms with E-state index in [0.29, 0.717) is 10.7 Å². The van der Waals surface area contributed by atoms with Crippen LogP contribution in [0, 0.1) is 6.92 Å². The van der Waals surface area contributed by atoms with Gasteiger partial charge in [-0.3, -0.25) is 14.5 Å². The molecule has 1 aliphatic heterocycles. The first-order valence-corrected chi connectivity index (χ1v) is 10.1. The third-order valence-corrected chi connectivity index (χ3v) is 5.82. The minimum Gasteiger partial charge on any atom is -0.495 e. The minimum absolute atomic E-state index is 0.265. The highest BCUT2D eigenvalue weighted by Gasteiger charge is 2.35. The summed E-state index contributed by atoms with van der Waals surface area (Å²) in [6.07, 6.45) is 1.69. The van der Waals surface area contributed by atoms with E-state index in [4.69, 9.17) is 4.74 Å². The second kappa shape index (κ2) is 7.98. The van der Waals surface area contributed by atoms with Gasteiger partial charge in [0.25, 0.3) is 11.1 Å². The Labute approximate surface area is 172 Å². The van der Waals surface area contributed by atoms with Crippen LogP contribution in [-0.2, 0) is 11.3 Å². The van der Waals surface area contributed by atoms with E-state index < -0.39 is 0 Å². The summed E-state index contributed by atoms with van der Waals surface area (Å²) in [5.41, 5.74) is 2.77. The van der Waals surface area contributed by atoms with Crippen LogP contribution in [0.25, 0.3) is 6.08 Å². The lowest BCUT2D eigenvalue weighted by molar-refractivity contribution is -0.123. The summed E-state index contributed by atoms with van der Waals surface area (Å²) in [4.78, 5) is 26.7. The van der Waals surface area contributed by atoms with Gasteiger partial charge in [-0.1, -0.05) is 45.8 Å². The van der Waals surface area contributed by atoms with Gasteiger partial charge in [-0.05, 0) is 58.4 Å². The second-order valence-electron chi connectivity index (χ2n) is 5.76. The zero-order valence-electron chi connectivity index (χ0n) is 14.1. The Morgan fingerprint density at radius 3 is 2.50 bits per heavy atom. The molecule has 0 saturated carbocycles. The first-order chi connectivity index (χ1) is 12.4. The molecular weight excluding hydrogens is 482 g/mol. The molecule has 0 bridgehead atoms. The van der Waals surface area contributed by atoms with Crippen molar-refractivity contribution in [2.45, 2.75) is 13.5 Å². The standard InChI is InChI=1S/C19H15Br2NO3S/c1-11-3-5-12(6-4-11)10-22-18(23)16(26-19(22)24)8-13-7-14(20)9-15(21)17(13)25-2/h3-9H,10H2,1-2H3/b16-8-. The van der Waals surface area contributed by atoms with Gasteiger partial charge in [0.2, 0.25) is 0 Å². The van der Waals surface area contributed by atoms with Crippen molar-refractivity contribution in [2.24, 2.45) is 0 Å². The number of thioether (sulfide) groups is 1. The highest BCUT2D eigenvalue weighted by atomic mass is 79.9. The summed E-state index contributed by atoms with van der Waals surface area (Å²) in [6, 6.07) is 11.5. The number of hydrogen-bond donors (Lipinski definition) is 0. The van der Waals surface area contributed by atoms with Gasteiger partial charge < -0.3 is 4.74 Å². The Balaban J connectivity index is 1.89. The fraction of sp³-hybridized carbons (Fsp3) is 0.158. The van der Waals surface area contributed by atoms with E-state index in [1.54, 1.807) is 13.2 Å². The summed E-state index contributed by atoms with van der Waals surface area (Å²) in [5.74, 6) is 0.317. The van der Waals surface area contributed by atoms with Crippen molar-refractivity contribution in [1.82, 2.24) is 4.90 Å². The van der Waals surface area contributed by atoms with Gasteiger partial charge in [0.15, 0.2) is 0 Å². The number of aryl methyl sites for hydroxylation is 1. The summed E-state index contributed by atoms with van der Waals surface area (Å²) in [5, 5.41) is -0.269. The molecule has 1 saturated heterocycles. The van der Waals surface area contributed by atoms with Gasteiger partial charge in [-0.25, -0.2) is 0 Å². The van der Waals surface area contributed by atoms with Crippen LogP contribution in [0.2, 0.25) is 0 Å². The molecule has 26 heavy (non-hydrogen) atoms. The highest BCUT2D eigenvalue weighted by Crippen LogP contribution is 2.38. The van der Waals surface area contributed by atoms with Gasteiger partial charge in [-0.15, -0.1) is 0 Å². The van der Waals surface area contributed by atoms with E-state index in [1.807, 2.05) is 43.3 Å². The monoisotopic (exact) mass is 495 g/mol. The van der Waals surface area contributed by atoms with Crippen LogP contribution in [0.1, 0.15) is 16.7 Å². The van der Waals surface area contributed by atoms with Crippen LogP contribution in [0.3, 0.4) is 0 Å². The summed E-state index contributed by atoms with van der Waals surface area (Å²) >= 11 is 7.82. The van der Waals surface area contributed by atoms with Crippen molar-refractivity contribution < 1.29 is 14.3 Å². The molecule has 7 heteroatoms. The normalized spacial score (nSPS) is 15.8. The van der Waals surface area contributed by atoms with E-state index in [9.17, 15) is 9.59 Å². The Bertz CT molecular complexity index is 910. The van der Waals surface area contributed by atoms with Crippen LogP contribution in [0.15, 0.2) is 50.2 Å². The Morgan fingerprint density at radius 1 is 1.15 bits per heavy atom. The predicted molar refractivity (Wildman–Crippen MR) is 111 cm³/mol. The fourth-order valence-corrected chi connectivity index (χ4v) is 4.81. The lowest BCUT2D eigenvalue weighted by Gasteiger charge is -2.12. The Kier molecular flexibility index (Phi) is 5.89. The van der Waals surface area contributed by atoms with Gasteiger partial charge in [0.1, 0.15) is 5.75 Å². The Morgan fingerprint density at radius 2 is 1.85 bits per heavy atom. The lowest BCUT2D eigenvalue weighted by Crippen LogP contribution is -2.27. The van der Waals surface area contributed by atoms with Crippen molar-refractivity contribution in [3.63, 3.8) is 0 Å². The number of imide groups is 1. The maximum Gasteiger partial charge on any atom is 0.293 e. The third-order valence-electron chi connectivity index (χ3n) is 3.86. The average molecular weight is 497 g/mol. The number of carbonyl (C=O) groups is 2. The SMILES string of the molecule is COc1c(Br)cc(Br)cc1/C=C1\SC(=O)N(Cc2ccc(C)cc2)C1=O. The number of carbonyl (C=O) groups excluding carboxylic acids is 2. The lowest BCUT2D eigenvalue weighted by atomic mass is 10.1. The fourth-order valence-electron chi connectivity index (χ4n) is 2.56. The van der Waals surface area contributed by atoms with Gasteiger partial charge in [0, 0.05) is 10.0 Å². The largest absolute Gasteiger partial charge is 0.495 e. The predicted octanol–water partition coefficient (Wildman–Crippen LogP) is 5.77. The minimum atomic E-state index is -0.293. The maximum absolute atomic E-state index is 12.7. The molecule has 134 valence electrons. The van der Waals surface area contributed by atoms with Gasteiger partial charge in [-0.2, -0.15) is 0 Å². The van der Waals surface area contributed by atoms with Crippen LogP contribution in [-0.4, -0.2) is 23.2 Å². The van der Waals surface area contributed by atoms with E-state index >= 15 is 0 Å². The number of ether oxygens (including phenoxy) is 1. The zero-order chi connectivity index (χ0) is 18.8. The molecule has 2 amide bonds. The molecule has 0 N–H and O–H groups in total. The first kappa shape index (κ1) is 19.2. The number of halogens is 2. The van der Waals surface area contributed by atoms with Gasteiger partial charge in [0.05, 0.1) is 23.0 Å². The molecule has 2 aromatic rings.